The van der Waals surface area contributed by atoms with E-state index in [1.807, 2.05) is 35.8 Å². The number of ether oxygens (including phenoxy) is 1. The summed E-state index contributed by atoms with van der Waals surface area (Å²) in [6.45, 7) is 8.25. The van der Waals surface area contributed by atoms with Crippen LogP contribution in [0, 0.1) is 0 Å². The van der Waals surface area contributed by atoms with E-state index in [2.05, 4.69) is 15.6 Å². The van der Waals surface area contributed by atoms with Gasteiger partial charge < -0.3 is 14.6 Å². The number of anilines is 1. The summed E-state index contributed by atoms with van der Waals surface area (Å²) in [5.74, 6) is 0.303. The number of aromatic nitrogens is 2. The van der Waals surface area contributed by atoms with E-state index in [0.717, 1.165) is 11.0 Å². The molecule has 0 spiro atoms. The lowest BCUT2D eigenvalue weighted by molar-refractivity contribution is -0.116. The summed E-state index contributed by atoms with van der Waals surface area (Å²) >= 11 is 0. The summed E-state index contributed by atoms with van der Waals surface area (Å²) in [5, 5.41) is 5.36. The molecule has 0 aliphatic carbocycles. The molecule has 0 radical (unpaired) electrons. The Labute approximate surface area is 141 Å². The van der Waals surface area contributed by atoms with Crippen LogP contribution in [-0.2, 0) is 16.1 Å². The van der Waals surface area contributed by atoms with Crippen LogP contribution in [0.4, 0.5) is 10.7 Å². The highest BCUT2D eigenvalue weighted by molar-refractivity contribution is 5.91. The van der Waals surface area contributed by atoms with Crippen LogP contribution in [0.5, 0.6) is 0 Å². The van der Waals surface area contributed by atoms with Crippen LogP contribution in [0.1, 0.15) is 34.1 Å². The number of imidazole rings is 1. The molecule has 7 heteroatoms. The molecular formula is C17H24N4O3. The molecule has 0 atom stereocenters. The van der Waals surface area contributed by atoms with E-state index in [1.165, 1.54) is 0 Å². The Morgan fingerprint density at radius 2 is 1.96 bits per heavy atom. The van der Waals surface area contributed by atoms with Crippen LogP contribution in [0.2, 0.25) is 0 Å². The summed E-state index contributed by atoms with van der Waals surface area (Å²) in [6.07, 6.45) is -0.386. The molecule has 2 N–H and O–H groups in total. The van der Waals surface area contributed by atoms with Crippen molar-refractivity contribution in [1.29, 1.82) is 0 Å². The second-order valence-corrected chi connectivity index (χ2v) is 6.40. The second-order valence-electron chi connectivity index (χ2n) is 6.40. The fourth-order valence-electron chi connectivity index (χ4n) is 2.27. The molecule has 7 nitrogen and oxygen atoms in total. The Hall–Kier alpha value is -2.57. The van der Waals surface area contributed by atoms with Gasteiger partial charge in [0, 0.05) is 19.5 Å². The van der Waals surface area contributed by atoms with E-state index < -0.39 is 11.7 Å². The summed E-state index contributed by atoms with van der Waals surface area (Å²) in [5.41, 5.74) is 1.25. The topological polar surface area (TPSA) is 85.2 Å². The molecule has 1 aromatic carbocycles. The highest BCUT2D eigenvalue weighted by atomic mass is 16.6. The Kier molecular flexibility index (Phi) is 5.43. The number of amides is 2. The summed E-state index contributed by atoms with van der Waals surface area (Å²) in [4.78, 5) is 28.0. The molecule has 0 saturated heterocycles. The molecule has 2 amide bonds. The number of carbonyl (C=O) groups excluding carboxylic acids is 2. The molecule has 2 aromatic rings. The van der Waals surface area contributed by atoms with Crippen molar-refractivity contribution in [2.75, 3.05) is 11.9 Å². The average molecular weight is 332 g/mol. The molecule has 24 heavy (non-hydrogen) atoms. The van der Waals surface area contributed by atoms with Crippen molar-refractivity contribution < 1.29 is 14.3 Å². The van der Waals surface area contributed by atoms with Crippen molar-refractivity contribution in [3.8, 4) is 0 Å². The lowest BCUT2D eigenvalue weighted by Gasteiger charge is -2.19. The Morgan fingerprint density at radius 3 is 2.62 bits per heavy atom. The Balaban J connectivity index is 1.90. The lowest BCUT2D eigenvalue weighted by atomic mass is 10.2. The SMILES string of the molecule is CCn1c(NC(=O)CCNC(=O)OC(C)(C)C)nc2ccccc21. The van der Waals surface area contributed by atoms with E-state index in [0.29, 0.717) is 12.5 Å². The minimum atomic E-state index is -0.557. The predicted octanol–water partition coefficient (Wildman–Crippen LogP) is 2.91. The monoisotopic (exact) mass is 332 g/mol. The molecule has 1 heterocycles. The second kappa shape index (κ2) is 7.33. The van der Waals surface area contributed by atoms with E-state index >= 15 is 0 Å². The first-order chi connectivity index (χ1) is 11.3. The van der Waals surface area contributed by atoms with E-state index in [9.17, 15) is 9.59 Å². The van der Waals surface area contributed by atoms with Gasteiger partial charge in [0.25, 0.3) is 0 Å². The van der Waals surface area contributed by atoms with Gasteiger partial charge in [0.1, 0.15) is 5.60 Å². The highest BCUT2D eigenvalue weighted by Crippen LogP contribution is 2.19. The largest absolute Gasteiger partial charge is 0.444 e. The molecule has 0 fully saturated rings. The molecule has 1 aromatic heterocycles. The standard InChI is InChI=1S/C17H24N4O3/c1-5-21-13-9-7-6-8-12(13)19-15(21)20-14(22)10-11-18-16(23)24-17(2,3)4/h6-9H,5,10-11H2,1-4H3,(H,18,23)(H,19,20,22). The van der Waals surface area contributed by atoms with Gasteiger partial charge in [0.05, 0.1) is 11.0 Å². The van der Waals surface area contributed by atoms with Gasteiger partial charge in [0.15, 0.2) is 0 Å². The number of nitrogens with zero attached hydrogens (tertiary/aromatic N) is 2. The van der Waals surface area contributed by atoms with Crippen molar-refractivity contribution in [3.63, 3.8) is 0 Å². The normalized spacial score (nSPS) is 11.3. The predicted molar refractivity (Wildman–Crippen MR) is 92.9 cm³/mol. The third kappa shape index (κ3) is 4.71. The van der Waals surface area contributed by atoms with Gasteiger partial charge in [-0.05, 0) is 39.8 Å². The number of hydrogen-bond donors (Lipinski definition) is 2. The van der Waals surface area contributed by atoms with Gasteiger partial charge in [-0.3, -0.25) is 10.1 Å². The number of carbonyl (C=O) groups is 2. The minimum Gasteiger partial charge on any atom is -0.444 e. The van der Waals surface area contributed by atoms with E-state index in [1.54, 1.807) is 20.8 Å². The number of fused-ring (bicyclic) bond motifs is 1. The maximum atomic E-state index is 12.1. The average Bonchev–Trinajstić information content (AvgIpc) is 2.82. The van der Waals surface area contributed by atoms with Crippen LogP contribution in [0.25, 0.3) is 11.0 Å². The summed E-state index contributed by atoms with van der Waals surface area (Å²) in [6, 6.07) is 7.71. The molecular weight excluding hydrogens is 308 g/mol. The molecule has 0 aliphatic heterocycles. The van der Waals surface area contributed by atoms with Crippen LogP contribution in [0.15, 0.2) is 24.3 Å². The number of nitrogens with one attached hydrogen (secondary N) is 2. The van der Waals surface area contributed by atoms with Crippen molar-refractivity contribution >= 4 is 29.0 Å². The first-order valence-corrected chi connectivity index (χ1v) is 8.02. The maximum absolute atomic E-state index is 12.1. The molecule has 0 saturated carbocycles. The molecule has 130 valence electrons. The maximum Gasteiger partial charge on any atom is 0.407 e. The number of benzene rings is 1. The number of alkyl carbamates (subject to hydrolysis) is 1. The van der Waals surface area contributed by atoms with Gasteiger partial charge in [-0.2, -0.15) is 0 Å². The zero-order valence-corrected chi connectivity index (χ0v) is 14.5. The first-order valence-electron chi connectivity index (χ1n) is 8.02. The smallest absolute Gasteiger partial charge is 0.407 e. The third-order valence-electron chi connectivity index (χ3n) is 3.24. The molecule has 2 rings (SSSR count). The van der Waals surface area contributed by atoms with Crippen molar-refractivity contribution in [2.45, 2.75) is 46.3 Å². The van der Waals surface area contributed by atoms with Gasteiger partial charge in [0.2, 0.25) is 11.9 Å². The molecule has 0 aliphatic rings. The first kappa shape index (κ1) is 17.8. The van der Waals surface area contributed by atoms with Crippen LogP contribution in [0.3, 0.4) is 0 Å². The minimum absolute atomic E-state index is 0.145. The third-order valence-corrected chi connectivity index (χ3v) is 3.24. The zero-order valence-electron chi connectivity index (χ0n) is 14.5. The van der Waals surface area contributed by atoms with E-state index in [4.69, 9.17) is 4.74 Å². The van der Waals surface area contributed by atoms with Gasteiger partial charge in [-0.15, -0.1) is 0 Å². The van der Waals surface area contributed by atoms with Crippen LogP contribution in [-0.4, -0.2) is 33.7 Å². The van der Waals surface area contributed by atoms with Crippen molar-refractivity contribution in [2.24, 2.45) is 0 Å². The quantitative estimate of drug-likeness (QED) is 0.881. The number of aryl methyl sites for hydroxylation is 1. The number of rotatable bonds is 5. The molecule has 0 bridgehead atoms. The fourth-order valence-corrected chi connectivity index (χ4v) is 2.27. The lowest BCUT2D eigenvalue weighted by Crippen LogP contribution is -2.34. The number of hydrogen-bond acceptors (Lipinski definition) is 4. The van der Waals surface area contributed by atoms with Gasteiger partial charge >= 0.3 is 6.09 Å². The Bertz CT molecular complexity index is 731. The summed E-state index contributed by atoms with van der Waals surface area (Å²) < 4.78 is 7.06. The van der Waals surface area contributed by atoms with Crippen LogP contribution < -0.4 is 10.6 Å². The number of para-hydroxylation sites is 2. The van der Waals surface area contributed by atoms with Gasteiger partial charge in [-0.25, -0.2) is 9.78 Å². The molecule has 0 unspecified atom stereocenters. The fraction of sp³-hybridized carbons (Fsp3) is 0.471. The van der Waals surface area contributed by atoms with Crippen molar-refractivity contribution in [1.82, 2.24) is 14.9 Å². The van der Waals surface area contributed by atoms with E-state index in [-0.39, 0.29) is 18.9 Å². The van der Waals surface area contributed by atoms with Crippen LogP contribution >= 0.6 is 0 Å². The zero-order chi connectivity index (χ0) is 17.7. The summed E-state index contributed by atoms with van der Waals surface area (Å²) in [7, 11) is 0. The highest BCUT2D eigenvalue weighted by Gasteiger charge is 2.16. The Morgan fingerprint density at radius 1 is 1.25 bits per heavy atom. The van der Waals surface area contributed by atoms with Crippen molar-refractivity contribution in [3.05, 3.63) is 24.3 Å². The van der Waals surface area contributed by atoms with Gasteiger partial charge in [-0.1, -0.05) is 12.1 Å².